The molecular formula is C14H26N2O3. The lowest BCUT2D eigenvalue weighted by atomic mass is 9.86. The highest BCUT2D eigenvalue weighted by atomic mass is 16.4. The number of hydrogen-bond donors (Lipinski definition) is 3. The van der Waals surface area contributed by atoms with Crippen LogP contribution in [0.2, 0.25) is 0 Å². The Morgan fingerprint density at radius 3 is 2.26 bits per heavy atom. The third kappa shape index (κ3) is 4.11. The average Bonchev–Trinajstić information content (AvgIpc) is 2.83. The zero-order valence-corrected chi connectivity index (χ0v) is 12.2. The normalized spacial score (nSPS) is 19.2. The molecule has 2 amide bonds. The van der Waals surface area contributed by atoms with E-state index in [1.165, 1.54) is 0 Å². The first-order chi connectivity index (χ1) is 8.91. The molecule has 19 heavy (non-hydrogen) atoms. The Hall–Kier alpha value is -1.26. The lowest BCUT2D eigenvalue weighted by Crippen LogP contribution is -2.48. The number of carboxylic acid groups (broad SMARTS) is 1. The molecule has 1 rings (SSSR count). The molecule has 1 aliphatic rings. The van der Waals surface area contributed by atoms with Crippen LogP contribution in [0.4, 0.5) is 4.79 Å². The average molecular weight is 270 g/mol. The molecule has 1 aliphatic carbocycles. The second-order valence-electron chi connectivity index (χ2n) is 5.88. The maximum absolute atomic E-state index is 11.8. The predicted molar refractivity (Wildman–Crippen MR) is 74.0 cm³/mol. The minimum absolute atomic E-state index is 0.129. The lowest BCUT2D eigenvalue weighted by molar-refractivity contribution is -0.148. The van der Waals surface area contributed by atoms with Gasteiger partial charge in [0, 0.05) is 12.6 Å². The van der Waals surface area contributed by atoms with Gasteiger partial charge in [0.2, 0.25) is 0 Å². The molecule has 0 radical (unpaired) electrons. The summed E-state index contributed by atoms with van der Waals surface area (Å²) in [4.78, 5) is 23.2. The van der Waals surface area contributed by atoms with Crippen LogP contribution in [0.25, 0.3) is 0 Å². The van der Waals surface area contributed by atoms with Crippen LogP contribution in [0.5, 0.6) is 0 Å². The molecule has 0 aromatic heterocycles. The summed E-state index contributed by atoms with van der Waals surface area (Å²) >= 11 is 0. The molecule has 1 unspecified atom stereocenters. The van der Waals surface area contributed by atoms with Gasteiger partial charge in [0.1, 0.15) is 0 Å². The molecule has 5 nitrogen and oxygen atoms in total. The van der Waals surface area contributed by atoms with E-state index < -0.39 is 11.4 Å². The summed E-state index contributed by atoms with van der Waals surface area (Å²) in [6.45, 7) is 6.37. The van der Waals surface area contributed by atoms with Gasteiger partial charge < -0.3 is 15.7 Å². The Morgan fingerprint density at radius 1 is 1.26 bits per heavy atom. The largest absolute Gasteiger partial charge is 0.481 e. The van der Waals surface area contributed by atoms with E-state index in [0.717, 1.165) is 19.3 Å². The van der Waals surface area contributed by atoms with E-state index in [1.807, 2.05) is 6.92 Å². The third-order valence-electron chi connectivity index (χ3n) is 4.16. The Morgan fingerprint density at radius 2 is 1.84 bits per heavy atom. The van der Waals surface area contributed by atoms with E-state index in [9.17, 15) is 14.7 Å². The quantitative estimate of drug-likeness (QED) is 0.693. The number of hydrogen-bond acceptors (Lipinski definition) is 2. The molecule has 0 aromatic rings. The standard InChI is InChI=1S/C14H26N2O3/c1-4-11(10(2)3)16-13(19)15-9-14(12(17)18)7-5-6-8-14/h10-11H,4-9H2,1-3H3,(H,17,18)(H2,15,16,19). The van der Waals surface area contributed by atoms with E-state index in [2.05, 4.69) is 24.5 Å². The zero-order valence-electron chi connectivity index (χ0n) is 12.2. The molecule has 5 heteroatoms. The number of aliphatic carboxylic acids is 1. The van der Waals surface area contributed by atoms with Crippen molar-refractivity contribution in [3.63, 3.8) is 0 Å². The van der Waals surface area contributed by atoms with Gasteiger partial charge in [-0.15, -0.1) is 0 Å². The SMILES string of the molecule is CCC(NC(=O)NCC1(C(=O)O)CCCC1)C(C)C. The van der Waals surface area contributed by atoms with Crippen LogP contribution in [0.3, 0.4) is 0 Å². The van der Waals surface area contributed by atoms with Crippen LogP contribution in [0, 0.1) is 11.3 Å². The van der Waals surface area contributed by atoms with Crippen LogP contribution >= 0.6 is 0 Å². The number of urea groups is 1. The van der Waals surface area contributed by atoms with Gasteiger partial charge in [0.05, 0.1) is 5.41 Å². The fraction of sp³-hybridized carbons (Fsp3) is 0.857. The summed E-state index contributed by atoms with van der Waals surface area (Å²) in [6.07, 6.45) is 4.04. The number of rotatable bonds is 6. The number of carbonyl (C=O) groups excluding carboxylic acids is 1. The second kappa shape index (κ2) is 6.78. The van der Waals surface area contributed by atoms with Crippen LogP contribution in [0.1, 0.15) is 52.9 Å². The van der Waals surface area contributed by atoms with Gasteiger partial charge in [-0.1, -0.05) is 33.6 Å². The summed E-state index contributed by atoms with van der Waals surface area (Å²) in [7, 11) is 0. The molecule has 0 saturated heterocycles. The molecule has 0 bridgehead atoms. The Bertz CT molecular complexity index is 323. The maximum atomic E-state index is 11.8. The fourth-order valence-electron chi connectivity index (χ4n) is 2.73. The molecule has 1 fully saturated rings. The Labute approximate surface area is 115 Å². The minimum atomic E-state index is -0.791. The molecule has 3 N–H and O–H groups in total. The van der Waals surface area contributed by atoms with Crippen LogP contribution < -0.4 is 10.6 Å². The number of nitrogens with one attached hydrogen (secondary N) is 2. The molecule has 1 atom stereocenters. The molecule has 0 spiro atoms. The highest BCUT2D eigenvalue weighted by molar-refractivity contribution is 5.78. The van der Waals surface area contributed by atoms with Crippen molar-refractivity contribution in [2.75, 3.05) is 6.54 Å². The molecule has 1 saturated carbocycles. The summed E-state index contributed by atoms with van der Waals surface area (Å²) in [6, 6.07) is -0.127. The summed E-state index contributed by atoms with van der Waals surface area (Å²) in [5.41, 5.74) is -0.753. The molecule has 0 aliphatic heterocycles. The topological polar surface area (TPSA) is 78.4 Å². The van der Waals surface area contributed by atoms with Gasteiger partial charge >= 0.3 is 12.0 Å². The van der Waals surface area contributed by atoms with E-state index in [-0.39, 0.29) is 18.6 Å². The Balaban J connectivity index is 2.47. The van der Waals surface area contributed by atoms with Crippen molar-refractivity contribution in [1.29, 1.82) is 0 Å². The lowest BCUT2D eigenvalue weighted by Gasteiger charge is -2.26. The van der Waals surface area contributed by atoms with Gasteiger partial charge in [-0.2, -0.15) is 0 Å². The number of amides is 2. The second-order valence-corrected chi connectivity index (χ2v) is 5.88. The van der Waals surface area contributed by atoms with Gasteiger partial charge in [0.15, 0.2) is 0 Å². The number of carboxylic acids is 1. The predicted octanol–water partition coefficient (Wildman–Crippen LogP) is 2.37. The van der Waals surface area contributed by atoms with Crippen molar-refractivity contribution in [1.82, 2.24) is 10.6 Å². The van der Waals surface area contributed by atoms with E-state index in [1.54, 1.807) is 0 Å². The minimum Gasteiger partial charge on any atom is -0.481 e. The van der Waals surface area contributed by atoms with E-state index >= 15 is 0 Å². The Kier molecular flexibility index (Phi) is 5.63. The number of carbonyl (C=O) groups is 2. The van der Waals surface area contributed by atoms with Crippen molar-refractivity contribution in [3.05, 3.63) is 0 Å². The van der Waals surface area contributed by atoms with Crippen LogP contribution in [-0.4, -0.2) is 29.7 Å². The highest BCUT2D eigenvalue weighted by Gasteiger charge is 2.41. The molecule has 0 aromatic carbocycles. The summed E-state index contributed by atoms with van der Waals surface area (Å²) in [5, 5.41) is 15.0. The van der Waals surface area contributed by atoms with Gasteiger partial charge in [0.25, 0.3) is 0 Å². The summed E-state index contributed by atoms with van der Waals surface area (Å²) in [5.74, 6) is -0.420. The van der Waals surface area contributed by atoms with Crippen LogP contribution in [-0.2, 0) is 4.79 Å². The fourth-order valence-corrected chi connectivity index (χ4v) is 2.73. The molecular weight excluding hydrogens is 244 g/mol. The van der Waals surface area contributed by atoms with Gasteiger partial charge in [-0.05, 0) is 25.2 Å². The van der Waals surface area contributed by atoms with Crippen molar-refractivity contribution < 1.29 is 14.7 Å². The van der Waals surface area contributed by atoms with E-state index in [4.69, 9.17) is 0 Å². The van der Waals surface area contributed by atoms with Crippen molar-refractivity contribution in [2.45, 2.75) is 58.9 Å². The monoisotopic (exact) mass is 270 g/mol. The van der Waals surface area contributed by atoms with Gasteiger partial charge in [-0.25, -0.2) is 4.79 Å². The third-order valence-corrected chi connectivity index (χ3v) is 4.16. The first-order valence-corrected chi connectivity index (χ1v) is 7.19. The molecule has 110 valence electrons. The molecule has 0 heterocycles. The first kappa shape index (κ1) is 15.8. The van der Waals surface area contributed by atoms with Crippen molar-refractivity contribution >= 4 is 12.0 Å². The highest BCUT2D eigenvalue weighted by Crippen LogP contribution is 2.37. The van der Waals surface area contributed by atoms with E-state index in [0.29, 0.717) is 18.8 Å². The van der Waals surface area contributed by atoms with Crippen molar-refractivity contribution in [2.24, 2.45) is 11.3 Å². The summed E-state index contributed by atoms with van der Waals surface area (Å²) < 4.78 is 0. The zero-order chi connectivity index (χ0) is 14.5. The van der Waals surface area contributed by atoms with Gasteiger partial charge in [-0.3, -0.25) is 4.79 Å². The first-order valence-electron chi connectivity index (χ1n) is 7.19. The maximum Gasteiger partial charge on any atom is 0.315 e. The van der Waals surface area contributed by atoms with Crippen LogP contribution in [0.15, 0.2) is 0 Å². The smallest absolute Gasteiger partial charge is 0.315 e. The van der Waals surface area contributed by atoms with Crippen molar-refractivity contribution in [3.8, 4) is 0 Å².